The van der Waals surface area contributed by atoms with Crippen LogP contribution >= 0.6 is 0 Å². The molecule has 2 rings (SSSR count). The Balaban J connectivity index is 2.03. The number of rotatable bonds is 7. The number of ether oxygens (including phenoxy) is 3. The van der Waals surface area contributed by atoms with E-state index in [0.717, 1.165) is 31.2 Å². The standard InChI is InChI=1S/C17H27NO4/c1-20-14-8-7-13(15(21-2)16(14)22-3)11-18-12-17(19)9-5-4-6-10-17/h7-8,18-19H,4-6,9-12H2,1-3H3. The lowest BCUT2D eigenvalue weighted by molar-refractivity contribution is 0.00463. The average molecular weight is 309 g/mol. The first-order valence-corrected chi connectivity index (χ1v) is 7.84. The number of hydrogen-bond acceptors (Lipinski definition) is 5. The highest BCUT2D eigenvalue weighted by Crippen LogP contribution is 2.39. The molecule has 0 radical (unpaired) electrons. The van der Waals surface area contributed by atoms with Crippen molar-refractivity contribution in [3.63, 3.8) is 0 Å². The molecule has 5 heteroatoms. The van der Waals surface area contributed by atoms with E-state index in [9.17, 15) is 5.11 Å². The van der Waals surface area contributed by atoms with Crippen molar-refractivity contribution in [2.24, 2.45) is 0 Å². The lowest BCUT2D eigenvalue weighted by Crippen LogP contribution is -2.41. The SMILES string of the molecule is COc1ccc(CNCC2(O)CCCCC2)c(OC)c1OC. The lowest BCUT2D eigenvalue weighted by Gasteiger charge is -2.32. The zero-order valence-electron chi connectivity index (χ0n) is 13.8. The summed E-state index contributed by atoms with van der Waals surface area (Å²) in [7, 11) is 4.83. The second kappa shape index (κ2) is 7.70. The summed E-state index contributed by atoms with van der Waals surface area (Å²) in [5.74, 6) is 1.92. The van der Waals surface area contributed by atoms with Crippen LogP contribution in [0.4, 0.5) is 0 Å². The first-order chi connectivity index (χ1) is 10.6. The van der Waals surface area contributed by atoms with Gasteiger partial charge in [0.2, 0.25) is 5.75 Å². The van der Waals surface area contributed by atoms with E-state index in [1.165, 1.54) is 6.42 Å². The van der Waals surface area contributed by atoms with Crippen LogP contribution in [0, 0.1) is 0 Å². The first kappa shape index (κ1) is 16.9. The molecular weight excluding hydrogens is 282 g/mol. The van der Waals surface area contributed by atoms with E-state index in [2.05, 4.69) is 5.32 Å². The summed E-state index contributed by atoms with van der Waals surface area (Å²) in [6.07, 6.45) is 5.20. The highest BCUT2D eigenvalue weighted by atomic mass is 16.5. The van der Waals surface area contributed by atoms with Crippen molar-refractivity contribution in [3.05, 3.63) is 17.7 Å². The van der Waals surface area contributed by atoms with Crippen molar-refractivity contribution in [2.45, 2.75) is 44.2 Å². The van der Waals surface area contributed by atoms with Crippen molar-refractivity contribution in [2.75, 3.05) is 27.9 Å². The van der Waals surface area contributed by atoms with Gasteiger partial charge in [-0.3, -0.25) is 0 Å². The minimum Gasteiger partial charge on any atom is -0.493 e. The maximum Gasteiger partial charge on any atom is 0.203 e. The van der Waals surface area contributed by atoms with E-state index in [1.54, 1.807) is 21.3 Å². The van der Waals surface area contributed by atoms with Crippen LogP contribution in [0.2, 0.25) is 0 Å². The normalized spacial score (nSPS) is 17.1. The highest BCUT2D eigenvalue weighted by Gasteiger charge is 2.28. The van der Waals surface area contributed by atoms with Crippen LogP contribution in [0.1, 0.15) is 37.7 Å². The molecule has 1 aliphatic rings. The van der Waals surface area contributed by atoms with Crippen LogP contribution in [0.15, 0.2) is 12.1 Å². The van der Waals surface area contributed by atoms with Crippen molar-refractivity contribution in [1.29, 1.82) is 0 Å². The number of hydrogen-bond donors (Lipinski definition) is 2. The highest BCUT2D eigenvalue weighted by molar-refractivity contribution is 5.55. The van der Waals surface area contributed by atoms with Gasteiger partial charge in [0.05, 0.1) is 26.9 Å². The van der Waals surface area contributed by atoms with E-state index in [1.807, 2.05) is 12.1 Å². The van der Waals surface area contributed by atoms with E-state index in [-0.39, 0.29) is 0 Å². The maximum atomic E-state index is 10.5. The maximum absolute atomic E-state index is 10.5. The molecule has 124 valence electrons. The number of nitrogens with one attached hydrogen (secondary N) is 1. The fraction of sp³-hybridized carbons (Fsp3) is 0.647. The summed E-state index contributed by atoms with van der Waals surface area (Å²) >= 11 is 0. The van der Waals surface area contributed by atoms with E-state index in [0.29, 0.717) is 30.3 Å². The molecule has 0 amide bonds. The smallest absolute Gasteiger partial charge is 0.203 e. The molecule has 0 spiro atoms. The Kier molecular flexibility index (Phi) is 5.91. The molecule has 0 atom stereocenters. The predicted octanol–water partition coefficient (Wildman–Crippen LogP) is 2.50. The summed E-state index contributed by atoms with van der Waals surface area (Å²) in [5.41, 5.74) is 0.418. The monoisotopic (exact) mass is 309 g/mol. The Hall–Kier alpha value is -1.46. The zero-order valence-corrected chi connectivity index (χ0v) is 13.8. The Morgan fingerprint density at radius 1 is 1.00 bits per heavy atom. The number of methoxy groups -OCH3 is 3. The van der Waals surface area contributed by atoms with Crippen LogP contribution < -0.4 is 19.5 Å². The molecule has 22 heavy (non-hydrogen) atoms. The van der Waals surface area contributed by atoms with Crippen LogP contribution in [-0.2, 0) is 6.54 Å². The van der Waals surface area contributed by atoms with Gasteiger partial charge in [-0.2, -0.15) is 0 Å². The molecule has 5 nitrogen and oxygen atoms in total. The Morgan fingerprint density at radius 3 is 2.27 bits per heavy atom. The second-order valence-electron chi connectivity index (χ2n) is 5.88. The number of benzene rings is 1. The van der Waals surface area contributed by atoms with Gasteiger partial charge < -0.3 is 24.6 Å². The zero-order chi connectivity index (χ0) is 16.0. The predicted molar refractivity (Wildman–Crippen MR) is 85.8 cm³/mol. The van der Waals surface area contributed by atoms with Gasteiger partial charge in [0, 0.05) is 18.7 Å². The van der Waals surface area contributed by atoms with Gasteiger partial charge in [-0.25, -0.2) is 0 Å². The fourth-order valence-corrected chi connectivity index (χ4v) is 3.12. The Morgan fingerprint density at radius 2 is 1.68 bits per heavy atom. The molecule has 1 aromatic rings. The third-order valence-electron chi connectivity index (χ3n) is 4.34. The van der Waals surface area contributed by atoms with Crippen molar-refractivity contribution >= 4 is 0 Å². The van der Waals surface area contributed by atoms with Crippen LogP contribution in [-0.4, -0.2) is 38.6 Å². The quantitative estimate of drug-likeness (QED) is 0.810. The summed E-state index contributed by atoms with van der Waals surface area (Å²) < 4.78 is 16.1. The molecule has 0 unspecified atom stereocenters. The van der Waals surface area contributed by atoms with E-state index >= 15 is 0 Å². The molecule has 0 bridgehead atoms. The summed E-state index contributed by atoms with van der Waals surface area (Å²) in [5, 5.41) is 13.9. The van der Waals surface area contributed by atoms with Gasteiger partial charge in [-0.05, 0) is 18.9 Å². The summed E-state index contributed by atoms with van der Waals surface area (Å²) in [4.78, 5) is 0. The van der Waals surface area contributed by atoms with Crippen molar-refractivity contribution in [1.82, 2.24) is 5.32 Å². The van der Waals surface area contributed by atoms with Crippen molar-refractivity contribution in [3.8, 4) is 17.2 Å². The second-order valence-corrected chi connectivity index (χ2v) is 5.88. The minimum atomic E-state index is -0.567. The van der Waals surface area contributed by atoms with E-state index < -0.39 is 5.60 Å². The molecule has 0 saturated heterocycles. The molecule has 2 N–H and O–H groups in total. The number of aliphatic hydroxyl groups is 1. The molecule has 0 aromatic heterocycles. The third-order valence-corrected chi connectivity index (χ3v) is 4.34. The van der Waals surface area contributed by atoms with Gasteiger partial charge in [0.25, 0.3) is 0 Å². The molecule has 1 aliphatic carbocycles. The molecule has 1 saturated carbocycles. The molecular formula is C17H27NO4. The van der Waals surface area contributed by atoms with Gasteiger partial charge >= 0.3 is 0 Å². The van der Waals surface area contributed by atoms with Gasteiger partial charge in [-0.15, -0.1) is 0 Å². The Bertz CT molecular complexity index is 484. The van der Waals surface area contributed by atoms with Gasteiger partial charge in [0.15, 0.2) is 11.5 Å². The fourth-order valence-electron chi connectivity index (χ4n) is 3.12. The van der Waals surface area contributed by atoms with Gasteiger partial charge in [-0.1, -0.05) is 25.3 Å². The van der Waals surface area contributed by atoms with Crippen LogP contribution in [0.5, 0.6) is 17.2 Å². The van der Waals surface area contributed by atoms with Crippen LogP contribution in [0.25, 0.3) is 0 Å². The molecule has 0 aliphatic heterocycles. The molecule has 1 aromatic carbocycles. The van der Waals surface area contributed by atoms with Crippen molar-refractivity contribution < 1.29 is 19.3 Å². The largest absolute Gasteiger partial charge is 0.493 e. The third kappa shape index (κ3) is 3.84. The first-order valence-electron chi connectivity index (χ1n) is 7.84. The lowest BCUT2D eigenvalue weighted by atomic mass is 9.85. The molecule has 1 fully saturated rings. The average Bonchev–Trinajstić information content (AvgIpc) is 2.54. The van der Waals surface area contributed by atoms with E-state index in [4.69, 9.17) is 14.2 Å². The summed E-state index contributed by atoms with van der Waals surface area (Å²) in [6.45, 7) is 1.22. The van der Waals surface area contributed by atoms with Gasteiger partial charge in [0.1, 0.15) is 0 Å². The Labute approximate surface area is 132 Å². The molecule has 0 heterocycles. The van der Waals surface area contributed by atoms with Crippen LogP contribution in [0.3, 0.4) is 0 Å². The minimum absolute atomic E-state index is 0.567. The summed E-state index contributed by atoms with van der Waals surface area (Å²) in [6, 6.07) is 3.83. The topological polar surface area (TPSA) is 60.0 Å².